The number of hydrogen-bond donors (Lipinski definition) is 3. The molecule has 0 aliphatic heterocycles. The fourth-order valence-corrected chi connectivity index (χ4v) is 4.08. The van der Waals surface area contributed by atoms with Gasteiger partial charge in [0, 0.05) is 22.1 Å². The van der Waals surface area contributed by atoms with Crippen molar-refractivity contribution in [3.63, 3.8) is 0 Å². The fraction of sp³-hybridized carbons (Fsp3) is 0.136. The molecule has 0 radical (unpaired) electrons. The number of para-hydroxylation sites is 1. The molecule has 0 aliphatic rings. The molecular formula is C22H19ClN4O3S. The number of thiazole rings is 1. The Bertz CT molecular complexity index is 1230. The van der Waals surface area contributed by atoms with Crippen LogP contribution in [0, 0.1) is 6.92 Å². The number of nitrogens with one attached hydrogen (secondary N) is 3. The van der Waals surface area contributed by atoms with Gasteiger partial charge in [-0.3, -0.25) is 20.4 Å². The minimum atomic E-state index is -0.417. The SMILES string of the molecule is Cc1nc(COc2ccc(Cl)cc2)sc1C(=O)NNC(=O)Cc1c[nH]c2ccccc12. The Labute approximate surface area is 187 Å². The molecule has 3 N–H and O–H groups in total. The molecule has 0 spiro atoms. The highest BCUT2D eigenvalue weighted by Crippen LogP contribution is 2.21. The molecule has 0 aliphatic carbocycles. The molecule has 158 valence electrons. The number of carbonyl (C=O) groups is 2. The molecule has 0 atom stereocenters. The van der Waals surface area contributed by atoms with Crippen LogP contribution < -0.4 is 15.6 Å². The zero-order valence-electron chi connectivity index (χ0n) is 16.6. The Hall–Kier alpha value is -3.36. The van der Waals surface area contributed by atoms with E-state index in [4.69, 9.17) is 16.3 Å². The van der Waals surface area contributed by atoms with Gasteiger partial charge >= 0.3 is 0 Å². The van der Waals surface area contributed by atoms with Crippen molar-refractivity contribution < 1.29 is 14.3 Å². The van der Waals surface area contributed by atoms with E-state index in [2.05, 4.69) is 20.8 Å². The highest BCUT2D eigenvalue weighted by molar-refractivity contribution is 7.13. The molecule has 2 amide bonds. The monoisotopic (exact) mass is 454 g/mol. The van der Waals surface area contributed by atoms with Gasteiger partial charge in [-0.25, -0.2) is 4.98 Å². The number of amides is 2. The Kier molecular flexibility index (Phi) is 6.20. The summed E-state index contributed by atoms with van der Waals surface area (Å²) in [7, 11) is 0. The van der Waals surface area contributed by atoms with E-state index in [0.29, 0.717) is 26.4 Å². The summed E-state index contributed by atoms with van der Waals surface area (Å²) < 4.78 is 5.67. The molecule has 2 heterocycles. The first kappa shape index (κ1) is 20.9. The molecule has 0 saturated carbocycles. The smallest absolute Gasteiger partial charge is 0.281 e. The van der Waals surface area contributed by atoms with Crippen LogP contribution in [0.4, 0.5) is 0 Å². The van der Waals surface area contributed by atoms with Gasteiger partial charge in [0.2, 0.25) is 5.91 Å². The molecule has 7 nitrogen and oxygen atoms in total. The average Bonchev–Trinajstić information content (AvgIpc) is 3.35. The summed E-state index contributed by atoms with van der Waals surface area (Å²) in [5.41, 5.74) is 7.32. The number of nitrogens with zero attached hydrogens (tertiary/aromatic N) is 1. The number of benzene rings is 2. The Morgan fingerprint density at radius 3 is 2.71 bits per heavy atom. The van der Waals surface area contributed by atoms with Gasteiger partial charge < -0.3 is 9.72 Å². The second-order valence-electron chi connectivity index (χ2n) is 6.80. The summed E-state index contributed by atoms with van der Waals surface area (Å²) in [6.07, 6.45) is 1.94. The Morgan fingerprint density at radius 2 is 1.90 bits per heavy atom. The molecule has 9 heteroatoms. The third-order valence-electron chi connectivity index (χ3n) is 4.56. The summed E-state index contributed by atoms with van der Waals surface area (Å²) >= 11 is 7.08. The van der Waals surface area contributed by atoms with E-state index in [1.54, 1.807) is 37.4 Å². The number of H-pyrrole nitrogens is 1. The molecule has 2 aromatic heterocycles. The van der Waals surface area contributed by atoms with Crippen molar-refractivity contribution in [2.75, 3.05) is 0 Å². The lowest BCUT2D eigenvalue weighted by Gasteiger charge is -2.06. The van der Waals surface area contributed by atoms with Gasteiger partial charge in [-0.1, -0.05) is 29.8 Å². The molecule has 2 aromatic carbocycles. The van der Waals surface area contributed by atoms with Crippen LogP contribution in [0.1, 0.15) is 25.9 Å². The van der Waals surface area contributed by atoms with E-state index in [1.165, 1.54) is 11.3 Å². The van der Waals surface area contributed by atoms with E-state index in [1.807, 2.05) is 24.3 Å². The Balaban J connectivity index is 1.32. The summed E-state index contributed by atoms with van der Waals surface area (Å²) in [5, 5.41) is 2.26. The molecule has 0 saturated heterocycles. The predicted octanol–water partition coefficient (Wildman–Crippen LogP) is 4.17. The van der Waals surface area contributed by atoms with Crippen molar-refractivity contribution in [2.24, 2.45) is 0 Å². The minimum absolute atomic E-state index is 0.145. The first-order valence-electron chi connectivity index (χ1n) is 9.48. The zero-order valence-corrected chi connectivity index (χ0v) is 18.1. The molecule has 4 aromatic rings. The summed E-state index contributed by atoms with van der Waals surface area (Å²) in [6.45, 7) is 1.97. The number of aryl methyl sites for hydroxylation is 1. The van der Waals surface area contributed by atoms with Gasteiger partial charge in [0.25, 0.3) is 5.91 Å². The molecule has 31 heavy (non-hydrogen) atoms. The second-order valence-corrected chi connectivity index (χ2v) is 8.32. The summed E-state index contributed by atoms with van der Waals surface area (Å²) in [5.74, 6) is -0.0700. The second kappa shape index (κ2) is 9.20. The maximum Gasteiger partial charge on any atom is 0.281 e. The lowest BCUT2D eigenvalue weighted by atomic mass is 10.1. The number of aromatic amines is 1. The lowest BCUT2D eigenvalue weighted by Crippen LogP contribution is -2.42. The molecule has 4 rings (SSSR count). The number of ether oxygens (including phenoxy) is 1. The van der Waals surface area contributed by atoms with Crippen LogP contribution in [0.3, 0.4) is 0 Å². The highest BCUT2D eigenvalue weighted by Gasteiger charge is 2.17. The lowest BCUT2D eigenvalue weighted by molar-refractivity contribution is -0.121. The topological polar surface area (TPSA) is 96.1 Å². The van der Waals surface area contributed by atoms with Crippen LogP contribution in [0.2, 0.25) is 5.02 Å². The van der Waals surface area contributed by atoms with E-state index in [-0.39, 0.29) is 18.9 Å². The number of fused-ring (bicyclic) bond motifs is 1. The summed E-state index contributed by atoms with van der Waals surface area (Å²) in [6, 6.07) is 14.7. The van der Waals surface area contributed by atoms with Crippen LogP contribution in [0.25, 0.3) is 10.9 Å². The van der Waals surface area contributed by atoms with E-state index in [0.717, 1.165) is 16.5 Å². The molecular weight excluding hydrogens is 436 g/mol. The largest absolute Gasteiger partial charge is 0.486 e. The predicted molar refractivity (Wildman–Crippen MR) is 120 cm³/mol. The summed E-state index contributed by atoms with van der Waals surface area (Å²) in [4.78, 5) is 32.7. The van der Waals surface area contributed by atoms with Crippen LogP contribution in [0.5, 0.6) is 5.75 Å². The van der Waals surface area contributed by atoms with Crippen molar-refractivity contribution in [1.29, 1.82) is 0 Å². The zero-order chi connectivity index (χ0) is 21.8. The van der Waals surface area contributed by atoms with Gasteiger partial charge in [-0.2, -0.15) is 0 Å². The molecule has 0 fully saturated rings. The van der Waals surface area contributed by atoms with Gasteiger partial charge in [0.05, 0.1) is 12.1 Å². The average molecular weight is 455 g/mol. The van der Waals surface area contributed by atoms with E-state index >= 15 is 0 Å². The van der Waals surface area contributed by atoms with Gasteiger partial charge in [0.15, 0.2) is 0 Å². The van der Waals surface area contributed by atoms with Gasteiger partial charge in [-0.05, 0) is 42.8 Å². The molecule has 0 unspecified atom stereocenters. The van der Waals surface area contributed by atoms with Crippen molar-refractivity contribution >= 4 is 45.7 Å². The number of hydrogen-bond acceptors (Lipinski definition) is 5. The van der Waals surface area contributed by atoms with Gasteiger partial charge in [0.1, 0.15) is 22.2 Å². The third-order valence-corrected chi connectivity index (χ3v) is 5.95. The van der Waals surface area contributed by atoms with E-state index in [9.17, 15) is 9.59 Å². The number of carbonyl (C=O) groups excluding carboxylic acids is 2. The maximum atomic E-state index is 12.5. The van der Waals surface area contributed by atoms with Crippen molar-refractivity contribution in [2.45, 2.75) is 20.0 Å². The van der Waals surface area contributed by atoms with Crippen LogP contribution in [-0.4, -0.2) is 21.8 Å². The first-order valence-corrected chi connectivity index (χ1v) is 10.7. The quantitative estimate of drug-likeness (QED) is 0.381. The first-order chi connectivity index (χ1) is 15.0. The number of rotatable bonds is 6. The van der Waals surface area contributed by atoms with Crippen molar-refractivity contribution in [3.8, 4) is 5.75 Å². The maximum absolute atomic E-state index is 12.5. The standard InChI is InChI=1S/C22H19ClN4O3S/c1-13-21(31-20(25-13)12-30-16-8-6-15(23)7-9-16)22(29)27-26-19(28)10-14-11-24-18-5-3-2-4-17(14)18/h2-9,11,24H,10,12H2,1H3,(H,26,28)(H,27,29). The number of aromatic nitrogens is 2. The number of hydrazine groups is 1. The number of halogens is 1. The van der Waals surface area contributed by atoms with Crippen LogP contribution >= 0.6 is 22.9 Å². The fourth-order valence-electron chi connectivity index (χ4n) is 3.08. The van der Waals surface area contributed by atoms with Gasteiger partial charge in [-0.15, -0.1) is 11.3 Å². The normalized spacial score (nSPS) is 10.8. The molecule has 0 bridgehead atoms. The van der Waals surface area contributed by atoms with Crippen LogP contribution in [0.15, 0.2) is 54.7 Å². The Morgan fingerprint density at radius 1 is 1.13 bits per heavy atom. The van der Waals surface area contributed by atoms with Crippen molar-refractivity contribution in [3.05, 3.63) is 80.9 Å². The minimum Gasteiger partial charge on any atom is -0.486 e. The van der Waals surface area contributed by atoms with Crippen LogP contribution in [-0.2, 0) is 17.8 Å². The van der Waals surface area contributed by atoms with Crippen molar-refractivity contribution in [1.82, 2.24) is 20.8 Å². The van der Waals surface area contributed by atoms with E-state index < -0.39 is 5.91 Å². The highest BCUT2D eigenvalue weighted by atomic mass is 35.5. The third kappa shape index (κ3) is 5.04.